The predicted molar refractivity (Wildman–Crippen MR) is 58.1 cm³/mol. The maximum atomic E-state index is 11.3. The van der Waals surface area contributed by atoms with Crippen LogP contribution < -0.4 is 0 Å². The van der Waals surface area contributed by atoms with Crippen molar-refractivity contribution >= 4 is 5.78 Å². The number of hydrogen-bond acceptors (Lipinski definition) is 3. The average Bonchev–Trinajstić information content (AvgIpc) is 2.71. The highest BCUT2D eigenvalue weighted by Gasteiger charge is 2.24. The van der Waals surface area contributed by atoms with E-state index in [0.717, 1.165) is 25.2 Å². The van der Waals surface area contributed by atoms with Crippen LogP contribution in [0.25, 0.3) is 0 Å². The molecule has 0 amide bonds. The molecular weight excluding hydrogens is 190 g/mol. The van der Waals surface area contributed by atoms with Crippen molar-refractivity contribution in [3.05, 3.63) is 17.5 Å². The number of likely N-dealkylation sites (tertiary alicyclic amines) is 1. The summed E-state index contributed by atoms with van der Waals surface area (Å²) < 4.78 is 1.69. The van der Waals surface area contributed by atoms with Crippen LogP contribution in [0.15, 0.2) is 6.07 Å². The molecule has 0 spiro atoms. The molecule has 2 rings (SSSR count). The van der Waals surface area contributed by atoms with Crippen LogP contribution in [0.3, 0.4) is 0 Å². The van der Waals surface area contributed by atoms with Crippen molar-refractivity contribution in [2.75, 3.05) is 20.1 Å². The van der Waals surface area contributed by atoms with Gasteiger partial charge in [-0.05, 0) is 26.1 Å². The number of ketones is 1. The normalized spacial score (nSPS) is 22.2. The van der Waals surface area contributed by atoms with Gasteiger partial charge in [0.2, 0.25) is 0 Å². The van der Waals surface area contributed by atoms with Crippen molar-refractivity contribution in [3.8, 4) is 0 Å². The third-order valence-corrected chi connectivity index (χ3v) is 3.07. The van der Waals surface area contributed by atoms with E-state index in [9.17, 15) is 4.79 Å². The molecule has 4 heteroatoms. The average molecular weight is 207 g/mol. The molecule has 4 nitrogen and oxygen atoms in total. The minimum Gasteiger partial charge on any atom is -0.306 e. The summed E-state index contributed by atoms with van der Waals surface area (Å²) in [5.41, 5.74) is 1.77. The molecule has 0 radical (unpaired) electrons. The lowest BCUT2D eigenvalue weighted by atomic mass is 10.0. The van der Waals surface area contributed by atoms with Gasteiger partial charge in [0, 0.05) is 26.4 Å². The number of aryl methyl sites for hydroxylation is 1. The van der Waals surface area contributed by atoms with Gasteiger partial charge in [-0.25, -0.2) is 0 Å². The second-order valence-electron chi connectivity index (χ2n) is 4.38. The first-order valence-corrected chi connectivity index (χ1v) is 5.31. The molecule has 0 saturated carbocycles. The van der Waals surface area contributed by atoms with Crippen LogP contribution in [0.4, 0.5) is 0 Å². The van der Waals surface area contributed by atoms with E-state index in [2.05, 4.69) is 17.0 Å². The fraction of sp³-hybridized carbons (Fsp3) is 0.636. The molecule has 1 saturated heterocycles. The quantitative estimate of drug-likeness (QED) is 0.680. The van der Waals surface area contributed by atoms with Gasteiger partial charge in [-0.15, -0.1) is 0 Å². The Bertz CT molecular complexity index is 383. The molecule has 1 aromatic heterocycles. The standard InChI is InChI=1S/C11H17N3O/c1-8(15)11-6-10(12-14(11)3)9-4-5-13(2)7-9/h6,9H,4-5,7H2,1-3H3. The van der Waals surface area contributed by atoms with E-state index in [1.807, 2.05) is 13.1 Å². The van der Waals surface area contributed by atoms with Crippen molar-refractivity contribution in [2.24, 2.45) is 7.05 Å². The Kier molecular flexibility index (Phi) is 2.61. The molecule has 1 unspecified atom stereocenters. The molecule has 82 valence electrons. The molecule has 1 atom stereocenters. The topological polar surface area (TPSA) is 38.1 Å². The minimum atomic E-state index is 0.0857. The monoisotopic (exact) mass is 207 g/mol. The fourth-order valence-corrected chi connectivity index (χ4v) is 2.19. The molecule has 0 N–H and O–H groups in total. The largest absolute Gasteiger partial charge is 0.306 e. The predicted octanol–water partition coefficient (Wildman–Crippen LogP) is 1.04. The zero-order valence-electron chi connectivity index (χ0n) is 9.53. The molecule has 0 aromatic carbocycles. The lowest BCUT2D eigenvalue weighted by Gasteiger charge is -2.06. The molecule has 2 heterocycles. The Morgan fingerprint density at radius 1 is 1.53 bits per heavy atom. The number of Topliss-reactive ketones (excluding diaryl/α,β-unsaturated/α-hetero) is 1. The van der Waals surface area contributed by atoms with Crippen LogP contribution in [-0.4, -0.2) is 40.6 Å². The van der Waals surface area contributed by atoms with Crippen LogP contribution in [0.2, 0.25) is 0 Å². The molecule has 0 bridgehead atoms. The summed E-state index contributed by atoms with van der Waals surface area (Å²) in [6, 6.07) is 1.94. The van der Waals surface area contributed by atoms with Gasteiger partial charge < -0.3 is 4.90 Å². The van der Waals surface area contributed by atoms with Gasteiger partial charge in [0.05, 0.1) is 5.69 Å². The zero-order chi connectivity index (χ0) is 11.0. The molecular formula is C11H17N3O. The first kappa shape index (κ1) is 10.4. The highest BCUT2D eigenvalue weighted by Crippen LogP contribution is 2.25. The number of likely N-dealkylation sites (N-methyl/N-ethyl adjacent to an activating group) is 1. The summed E-state index contributed by atoms with van der Waals surface area (Å²) in [5.74, 6) is 0.580. The molecule has 1 fully saturated rings. The number of rotatable bonds is 2. The van der Waals surface area contributed by atoms with E-state index in [0.29, 0.717) is 11.6 Å². The van der Waals surface area contributed by atoms with Crippen LogP contribution in [0.5, 0.6) is 0 Å². The molecule has 1 aliphatic rings. The summed E-state index contributed by atoms with van der Waals surface area (Å²) in [6.45, 7) is 3.76. The minimum absolute atomic E-state index is 0.0857. The van der Waals surface area contributed by atoms with Crippen molar-refractivity contribution in [2.45, 2.75) is 19.3 Å². The Balaban J connectivity index is 2.23. The van der Waals surface area contributed by atoms with Gasteiger partial charge in [-0.1, -0.05) is 0 Å². The van der Waals surface area contributed by atoms with Crippen LogP contribution >= 0.6 is 0 Å². The van der Waals surface area contributed by atoms with Crippen molar-refractivity contribution < 1.29 is 4.79 Å². The lowest BCUT2D eigenvalue weighted by molar-refractivity contribution is 0.100. The van der Waals surface area contributed by atoms with E-state index in [4.69, 9.17) is 0 Å². The SMILES string of the molecule is CC(=O)c1cc(C2CCN(C)C2)nn1C. The maximum absolute atomic E-state index is 11.3. The number of carbonyl (C=O) groups is 1. The van der Waals surface area contributed by atoms with E-state index in [1.165, 1.54) is 0 Å². The lowest BCUT2D eigenvalue weighted by Crippen LogP contribution is -2.13. The maximum Gasteiger partial charge on any atom is 0.177 e. The van der Waals surface area contributed by atoms with E-state index >= 15 is 0 Å². The van der Waals surface area contributed by atoms with Crippen LogP contribution in [0.1, 0.15) is 35.4 Å². The molecule has 0 aliphatic carbocycles. The number of nitrogens with zero attached hydrogens (tertiary/aromatic N) is 3. The van der Waals surface area contributed by atoms with E-state index < -0.39 is 0 Å². The van der Waals surface area contributed by atoms with Crippen molar-refractivity contribution in [1.29, 1.82) is 0 Å². The van der Waals surface area contributed by atoms with Gasteiger partial charge in [-0.3, -0.25) is 9.48 Å². The van der Waals surface area contributed by atoms with Gasteiger partial charge in [0.25, 0.3) is 0 Å². The highest BCUT2D eigenvalue weighted by molar-refractivity contribution is 5.92. The second-order valence-corrected chi connectivity index (χ2v) is 4.38. The van der Waals surface area contributed by atoms with Crippen molar-refractivity contribution in [1.82, 2.24) is 14.7 Å². The van der Waals surface area contributed by atoms with Crippen LogP contribution in [0, 0.1) is 0 Å². The summed E-state index contributed by atoms with van der Waals surface area (Å²) in [7, 11) is 3.95. The summed E-state index contributed by atoms with van der Waals surface area (Å²) in [5, 5.41) is 4.42. The van der Waals surface area contributed by atoms with E-state index in [1.54, 1.807) is 11.6 Å². The Morgan fingerprint density at radius 3 is 2.73 bits per heavy atom. The number of aromatic nitrogens is 2. The Hall–Kier alpha value is -1.16. The Labute approximate surface area is 89.9 Å². The van der Waals surface area contributed by atoms with Gasteiger partial charge >= 0.3 is 0 Å². The number of hydrogen-bond donors (Lipinski definition) is 0. The second kappa shape index (κ2) is 3.77. The fourth-order valence-electron chi connectivity index (χ4n) is 2.19. The zero-order valence-corrected chi connectivity index (χ0v) is 9.53. The van der Waals surface area contributed by atoms with Gasteiger partial charge in [0.1, 0.15) is 5.69 Å². The molecule has 1 aromatic rings. The van der Waals surface area contributed by atoms with E-state index in [-0.39, 0.29) is 5.78 Å². The first-order chi connectivity index (χ1) is 7.08. The highest BCUT2D eigenvalue weighted by atomic mass is 16.1. The van der Waals surface area contributed by atoms with Crippen molar-refractivity contribution in [3.63, 3.8) is 0 Å². The molecule has 1 aliphatic heterocycles. The number of carbonyl (C=O) groups excluding carboxylic acids is 1. The summed E-state index contributed by atoms with van der Waals surface area (Å²) in [4.78, 5) is 13.6. The van der Waals surface area contributed by atoms with Crippen LogP contribution in [-0.2, 0) is 7.05 Å². The Morgan fingerprint density at radius 2 is 2.27 bits per heavy atom. The summed E-state index contributed by atoms with van der Waals surface area (Å²) >= 11 is 0. The van der Waals surface area contributed by atoms with Gasteiger partial charge in [0.15, 0.2) is 5.78 Å². The van der Waals surface area contributed by atoms with Gasteiger partial charge in [-0.2, -0.15) is 5.10 Å². The first-order valence-electron chi connectivity index (χ1n) is 5.31. The molecule has 15 heavy (non-hydrogen) atoms. The third-order valence-electron chi connectivity index (χ3n) is 3.07. The summed E-state index contributed by atoms with van der Waals surface area (Å²) in [6.07, 6.45) is 1.14. The third kappa shape index (κ3) is 1.95. The smallest absolute Gasteiger partial charge is 0.177 e.